The number of carbonyl (C=O) groups excluding carboxylic acids is 3. The van der Waals surface area contributed by atoms with Crippen LogP contribution in [0.3, 0.4) is 0 Å². The number of carbonyl (C=O) groups is 3. The van der Waals surface area contributed by atoms with Crippen LogP contribution in [0.5, 0.6) is 5.75 Å². The molecular formula is C20H18F2N2O5. The molecule has 2 aromatic rings. The van der Waals surface area contributed by atoms with Crippen LogP contribution < -0.4 is 15.8 Å². The van der Waals surface area contributed by atoms with Crippen molar-refractivity contribution in [1.82, 2.24) is 0 Å². The molecule has 0 spiro atoms. The maximum absolute atomic E-state index is 12.1. The van der Waals surface area contributed by atoms with Gasteiger partial charge in [0, 0.05) is 17.3 Å². The lowest BCUT2D eigenvalue weighted by Crippen LogP contribution is -2.29. The fourth-order valence-electron chi connectivity index (χ4n) is 2.15. The van der Waals surface area contributed by atoms with Crippen molar-refractivity contribution >= 4 is 29.5 Å². The van der Waals surface area contributed by atoms with E-state index >= 15 is 0 Å². The van der Waals surface area contributed by atoms with E-state index in [1.165, 1.54) is 61.5 Å². The van der Waals surface area contributed by atoms with Crippen molar-refractivity contribution in [2.24, 2.45) is 5.73 Å². The second-order valence-electron chi connectivity index (χ2n) is 5.79. The minimum absolute atomic E-state index is 0.00567. The van der Waals surface area contributed by atoms with Crippen LogP contribution in [-0.4, -0.2) is 30.5 Å². The molecule has 1 unspecified atom stereocenters. The Balaban J connectivity index is 1.86. The summed E-state index contributed by atoms with van der Waals surface area (Å²) >= 11 is 0. The van der Waals surface area contributed by atoms with E-state index in [1.807, 2.05) is 0 Å². The van der Waals surface area contributed by atoms with Crippen LogP contribution in [-0.2, 0) is 14.3 Å². The van der Waals surface area contributed by atoms with E-state index in [4.69, 9.17) is 10.5 Å². The molecule has 0 heterocycles. The van der Waals surface area contributed by atoms with Gasteiger partial charge in [-0.1, -0.05) is 12.1 Å². The van der Waals surface area contributed by atoms with Gasteiger partial charge in [-0.2, -0.15) is 8.78 Å². The standard InChI is InChI=1S/C20H18F2N2O5/c1-12(19(27)24-15-7-5-14(6-8-15)18(23)26)28-17(25)11-4-13-2-9-16(10-3-13)29-20(21)22/h2-12,20H,1H3,(H2,23,26)(H,24,27). The number of rotatable bonds is 8. The van der Waals surface area contributed by atoms with Crippen LogP contribution in [0.2, 0.25) is 0 Å². The summed E-state index contributed by atoms with van der Waals surface area (Å²) < 4.78 is 33.4. The number of benzene rings is 2. The third-order valence-corrected chi connectivity index (χ3v) is 3.62. The Kier molecular flexibility index (Phi) is 7.41. The van der Waals surface area contributed by atoms with Crippen LogP contribution in [0.25, 0.3) is 6.08 Å². The van der Waals surface area contributed by atoms with Crippen molar-refractivity contribution in [2.45, 2.75) is 19.6 Å². The van der Waals surface area contributed by atoms with Gasteiger partial charge < -0.3 is 20.5 Å². The van der Waals surface area contributed by atoms with Gasteiger partial charge in [0.2, 0.25) is 5.91 Å². The smallest absolute Gasteiger partial charge is 0.387 e. The number of hydrogen-bond acceptors (Lipinski definition) is 5. The van der Waals surface area contributed by atoms with E-state index in [9.17, 15) is 23.2 Å². The van der Waals surface area contributed by atoms with Crippen LogP contribution in [0.4, 0.5) is 14.5 Å². The maximum atomic E-state index is 12.1. The number of esters is 1. The Labute approximate surface area is 165 Å². The SMILES string of the molecule is CC(OC(=O)C=Cc1ccc(OC(F)F)cc1)C(=O)Nc1ccc(C(N)=O)cc1. The predicted molar refractivity (Wildman–Crippen MR) is 101 cm³/mol. The molecule has 0 saturated carbocycles. The fraction of sp³-hybridized carbons (Fsp3) is 0.150. The number of anilines is 1. The second-order valence-corrected chi connectivity index (χ2v) is 5.79. The summed E-state index contributed by atoms with van der Waals surface area (Å²) in [4.78, 5) is 35.0. The summed E-state index contributed by atoms with van der Waals surface area (Å²) in [5, 5.41) is 2.54. The monoisotopic (exact) mass is 404 g/mol. The molecular weight excluding hydrogens is 386 g/mol. The normalized spacial score (nSPS) is 11.9. The summed E-state index contributed by atoms with van der Waals surface area (Å²) in [6.07, 6.45) is 1.43. The first kappa shape index (κ1) is 21.5. The Hall–Kier alpha value is -3.75. The highest BCUT2D eigenvalue weighted by atomic mass is 19.3. The van der Waals surface area contributed by atoms with Crippen molar-refractivity contribution in [3.63, 3.8) is 0 Å². The van der Waals surface area contributed by atoms with E-state index in [2.05, 4.69) is 10.1 Å². The van der Waals surface area contributed by atoms with E-state index in [0.29, 0.717) is 16.8 Å². The van der Waals surface area contributed by atoms with Gasteiger partial charge in [0.1, 0.15) is 5.75 Å². The molecule has 3 N–H and O–H groups in total. The van der Waals surface area contributed by atoms with Gasteiger partial charge in [-0.25, -0.2) is 4.79 Å². The quantitative estimate of drug-likeness (QED) is 0.520. The lowest BCUT2D eigenvalue weighted by Gasteiger charge is -2.12. The molecule has 2 rings (SSSR count). The first-order valence-electron chi connectivity index (χ1n) is 8.39. The Bertz CT molecular complexity index is 896. The number of nitrogens with one attached hydrogen (secondary N) is 1. The summed E-state index contributed by atoms with van der Waals surface area (Å²) in [6, 6.07) is 11.5. The third kappa shape index (κ3) is 7.06. The van der Waals surface area contributed by atoms with Crippen molar-refractivity contribution in [1.29, 1.82) is 0 Å². The maximum Gasteiger partial charge on any atom is 0.387 e. The molecule has 1 atom stereocenters. The van der Waals surface area contributed by atoms with Gasteiger partial charge in [0.15, 0.2) is 6.10 Å². The highest BCUT2D eigenvalue weighted by Crippen LogP contribution is 2.16. The molecule has 0 aliphatic rings. The molecule has 0 aliphatic carbocycles. The lowest BCUT2D eigenvalue weighted by atomic mass is 10.2. The number of ether oxygens (including phenoxy) is 2. The summed E-state index contributed by atoms with van der Waals surface area (Å²) in [6.45, 7) is -1.52. The summed E-state index contributed by atoms with van der Waals surface area (Å²) in [5.41, 5.74) is 6.39. The number of alkyl halides is 2. The molecule has 9 heteroatoms. The van der Waals surface area contributed by atoms with Gasteiger partial charge >= 0.3 is 12.6 Å². The highest BCUT2D eigenvalue weighted by Gasteiger charge is 2.16. The van der Waals surface area contributed by atoms with Crippen molar-refractivity contribution in [3.05, 3.63) is 65.7 Å². The molecule has 0 bridgehead atoms. The molecule has 29 heavy (non-hydrogen) atoms. The van der Waals surface area contributed by atoms with E-state index in [0.717, 1.165) is 6.08 Å². The second kappa shape index (κ2) is 9.98. The fourth-order valence-corrected chi connectivity index (χ4v) is 2.15. The van der Waals surface area contributed by atoms with Gasteiger partial charge in [0.25, 0.3) is 5.91 Å². The number of primary amides is 1. The molecule has 0 radical (unpaired) electrons. The Morgan fingerprint density at radius 1 is 1.03 bits per heavy atom. The zero-order chi connectivity index (χ0) is 21.4. The first-order valence-corrected chi connectivity index (χ1v) is 8.39. The van der Waals surface area contributed by atoms with Crippen molar-refractivity contribution < 1.29 is 32.6 Å². The van der Waals surface area contributed by atoms with Gasteiger partial charge in [0.05, 0.1) is 0 Å². The zero-order valence-corrected chi connectivity index (χ0v) is 15.3. The molecule has 0 aromatic heterocycles. The highest BCUT2D eigenvalue weighted by molar-refractivity contribution is 5.97. The lowest BCUT2D eigenvalue weighted by molar-refractivity contribution is -0.148. The number of hydrogen-bond donors (Lipinski definition) is 2. The average molecular weight is 404 g/mol. The van der Waals surface area contributed by atoms with E-state index < -0.39 is 30.5 Å². The number of nitrogens with two attached hydrogens (primary N) is 1. The molecule has 0 fully saturated rings. The Morgan fingerprint density at radius 2 is 1.66 bits per heavy atom. The Morgan fingerprint density at radius 3 is 2.21 bits per heavy atom. The van der Waals surface area contributed by atoms with Crippen molar-refractivity contribution in [3.8, 4) is 5.75 Å². The van der Waals surface area contributed by atoms with Gasteiger partial charge in [-0.3, -0.25) is 9.59 Å². The first-order chi connectivity index (χ1) is 13.7. The molecule has 2 amide bonds. The van der Waals surface area contributed by atoms with Crippen LogP contribution in [0.1, 0.15) is 22.8 Å². The average Bonchev–Trinajstić information content (AvgIpc) is 2.67. The molecule has 7 nitrogen and oxygen atoms in total. The third-order valence-electron chi connectivity index (χ3n) is 3.62. The topological polar surface area (TPSA) is 108 Å². The number of amides is 2. The van der Waals surface area contributed by atoms with E-state index in [1.54, 1.807) is 0 Å². The van der Waals surface area contributed by atoms with Gasteiger partial charge in [-0.05, 0) is 55.0 Å². The minimum Gasteiger partial charge on any atom is -0.449 e. The summed E-state index contributed by atoms with van der Waals surface area (Å²) in [7, 11) is 0. The minimum atomic E-state index is -2.92. The molecule has 152 valence electrons. The van der Waals surface area contributed by atoms with Crippen LogP contribution >= 0.6 is 0 Å². The molecule has 0 aliphatic heterocycles. The van der Waals surface area contributed by atoms with Crippen LogP contribution in [0.15, 0.2) is 54.6 Å². The zero-order valence-electron chi connectivity index (χ0n) is 15.3. The largest absolute Gasteiger partial charge is 0.449 e. The molecule has 0 saturated heterocycles. The summed E-state index contributed by atoms with van der Waals surface area (Å²) in [5.74, 6) is -1.92. The van der Waals surface area contributed by atoms with Crippen LogP contribution in [0, 0.1) is 0 Å². The predicted octanol–water partition coefficient (Wildman–Crippen LogP) is 2.97. The van der Waals surface area contributed by atoms with Gasteiger partial charge in [-0.15, -0.1) is 0 Å². The number of halogens is 2. The molecule has 2 aromatic carbocycles. The van der Waals surface area contributed by atoms with Crippen molar-refractivity contribution in [2.75, 3.05) is 5.32 Å². The van der Waals surface area contributed by atoms with E-state index in [-0.39, 0.29) is 5.75 Å².